The van der Waals surface area contributed by atoms with E-state index in [-0.39, 0.29) is 12.3 Å². The number of ether oxygens (including phenoxy) is 1. The number of aromatic carboxylic acids is 1. The number of carbonyl (C=O) groups excluding carboxylic acids is 2. The van der Waals surface area contributed by atoms with Crippen molar-refractivity contribution in [3.8, 4) is 0 Å². The molecule has 0 fully saturated rings. The lowest BCUT2D eigenvalue weighted by Crippen LogP contribution is -2.41. The van der Waals surface area contributed by atoms with Crippen LogP contribution in [0.15, 0.2) is 18.2 Å². The molecule has 1 aromatic rings. The summed E-state index contributed by atoms with van der Waals surface area (Å²) < 4.78 is 18.1. The van der Waals surface area contributed by atoms with Gasteiger partial charge in [0.1, 0.15) is 11.9 Å². The molecule has 1 aromatic carbocycles. The van der Waals surface area contributed by atoms with Crippen LogP contribution in [0.2, 0.25) is 0 Å². The van der Waals surface area contributed by atoms with Crippen LogP contribution in [0.4, 0.5) is 14.9 Å². The van der Waals surface area contributed by atoms with E-state index in [0.29, 0.717) is 0 Å². The number of rotatable bonds is 5. The number of anilines is 1. The largest absolute Gasteiger partial charge is 0.478 e. The molecular formula is C13H15FN2O5. The van der Waals surface area contributed by atoms with E-state index in [9.17, 15) is 18.8 Å². The molecule has 21 heavy (non-hydrogen) atoms. The highest BCUT2D eigenvalue weighted by Crippen LogP contribution is 2.14. The second-order valence-corrected chi connectivity index (χ2v) is 4.07. The molecule has 1 unspecified atom stereocenters. The number of hydrogen-bond acceptors (Lipinski definition) is 4. The number of carboxylic acid groups (broad SMARTS) is 1. The summed E-state index contributed by atoms with van der Waals surface area (Å²) in [5, 5.41) is 13.3. The zero-order valence-corrected chi connectivity index (χ0v) is 11.5. The van der Waals surface area contributed by atoms with Crippen molar-refractivity contribution in [2.45, 2.75) is 19.9 Å². The molecule has 0 saturated carbocycles. The number of esters is 1. The molecule has 114 valence electrons. The van der Waals surface area contributed by atoms with Crippen LogP contribution < -0.4 is 10.6 Å². The van der Waals surface area contributed by atoms with E-state index < -0.39 is 35.4 Å². The minimum absolute atomic E-state index is 0.0612. The summed E-state index contributed by atoms with van der Waals surface area (Å²) in [6.07, 6.45) is 0. The first-order valence-corrected chi connectivity index (χ1v) is 6.12. The predicted molar refractivity (Wildman–Crippen MR) is 71.6 cm³/mol. The molecule has 2 amide bonds. The third kappa shape index (κ3) is 4.75. The van der Waals surface area contributed by atoms with Gasteiger partial charge in [-0.25, -0.2) is 18.8 Å². The van der Waals surface area contributed by atoms with Crippen LogP contribution in [-0.4, -0.2) is 35.7 Å². The van der Waals surface area contributed by atoms with Gasteiger partial charge in [-0.1, -0.05) is 0 Å². The van der Waals surface area contributed by atoms with E-state index in [1.165, 1.54) is 13.0 Å². The van der Waals surface area contributed by atoms with Crippen molar-refractivity contribution in [3.63, 3.8) is 0 Å². The molecule has 7 nitrogen and oxygen atoms in total. The summed E-state index contributed by atoms with van der Waals surface area (Å²) >= 11 is 0. The number of halogens is 1. The molecule has 0 aliphatic heterocycles. The molecule has 3 N–H and O–H groups in total. The average molecular weight is 298 g/mol. The quantitative estimate of drug-likeness (QED) is 0.716. The standard InChI is InChI=1S/C13H15FN2O5/c1-3-21-12(19)7(2)15-13(20)16-8-4-5-9(11(17)18)10(14)6-8/h4-7H,3H2,1-2H3,(H,17,18)(H2,15,16,20). The molecule has 0 saturated heterocycles. The van der Waals surface area contributed by atoms with Gasteiger partial charge in [-0.3, -0.25) is 0 Å². The molecule has 0 spiro atoms. The van der Waals surface area contributed by atoms with Crippen molar-refractivity contribution in [3.05, 3.63) is 29.6 Å². The first-order valence-electron chi connectivity index (χ1n) is 6.12. The Morgan fingerprint density at radius 3 is 2.57 bits per heavy atom. The van der Waals surface area contributed by atoms with Gasteiger partial charge in [0.05, 0.1) is 12.2 Å². The minimum Gasteiger partial charge on any atom is -0.478 e. The van der Waals surface area contributed by atoms with Gasteiger partial charge in [-0.05, 0) is 32.0 Å². The van der Waals surface area contributed by atoms with Gasteiger partial charge < -0.3 is 20.5 Å². The van der Waals surface area contributed by atoms with Crippen LogP contribution >= 0.6 is 0 Å². The average Bonchev–Trinajstić information content (AvgIpc) is 2.38. The topological polar surface area (TPSA) is 105 Å². The Morgan fingerprint density at radius 1 is 1.38 bits per heavy atom. The molecule has 0 aliphatic carbocycles. The maximum absolute atomic E-state index is 13.4. The summed E-state index contributed by atoms with van der Waals surface area (Å²) in [6, 6.07) is 1.53. The fraction of sp³-hybridized carbons (Fsp3) is 0.308. The highest BCUT2D eigenvalue weighted by molar-refractivity contribution is 5.93. The summed E-state index contributed by atoms with van der Waals surface area (Å²) in [6.45, 7) is 3.26. The lowest BCUT2D eigenvalue weighted by Gasteiger charge is -2.13. The van der Waals surface area contributed by atoms with Crippen molar-refractivity contribution >= 4 is 23.7 Å². The summed E-state index contributed by atoms with van der Waals surface area (Å²) in [5.74, 6) is -2.97. The monoisotopic (exact) mass is 298 g/mol. The van der Waals surface area contributed by atoms with Gasteiger partial charge in [0.25, 0.3) is 0 Å². The Bertz CT molecular complexity index is 561. The Balaban J connectivity index is 2.65. The lowest BCUT2D eigenvalue weighted by molar-refractivity contribution is -0.144. The van der Waals surface area contributed by atoms with E-state index in [2.05, 4.69) is 10.6 Å². The smallest absolute Gasteiger partial charge is 0.338 e. The summed E-state index contributed by atoms with van der Waals surface area (Å²) in [7, 11) is 0. The van der Waals surface area contributed by atoms with Crippen molar-refractivity contribution in [2.75, 3.05) is 11.9 Å². The molecule has 0 aliphatic rings. The normalized spacial score (nSPS) is 11.4. The fourth-order valence-electron chi connectivity index (χ4n) is 1.46. The van der Waals surface area contributed by atoms with E-state index in [1.807, 2.05) is 0 Å². The van der Waals surface area contributed by atoms with Gasteiger partial charge in [-0.15, -0.1) is 0 Å². The number of urea groups is 1. The number of nitrogens with one attached hydrogen (secondary N) is 2. The number of benzene rings is 1. The van der Waals surface area contributed by atoms with Crippen LogP contribution in [0.5, 0.6) is 0 Å². The Hall–Kier alpha value is -2.64. The highest BCUT2D eigenvalue weighted by Gasteiger charge is 2.17. The van der Waals surface area contributed by atoms with E-state index in [1.54, 1.807) is 6.92 Å². The SMILES string of the molecule is CCOC(=O)C(C)NC(=O)Nc1ccc(C(=O)O)c(F)c1. The van der Waals surface area contributed by atoms with E-state index in [4.69, 9.17) is 9.84 Å². The van der Waals surface area contributed by atoms with Crippen LogP contribution in [0.3, 0.4) is 0 Å². The van der Waals surface area contributed by atoms with Crippen molar-refractivity contribution in [2.24, 2.45) is 0 Å². The maximum Gasteiger partial charge on any atom is 0.338 e. The molecule has 0 radical (unpaired) electrons. The lowest BCUT2D eigenvalue weighted by atomic mass is 10.2. The number of amides is 2. The predicted octanol–water partition coefficient (Wildman–Crippen LogP) is 1.60. The Kier molecular flexibility index (Phi) is 5.65. The summed E-state index contributed by atoms with van der Waals surface area (Å²) in [5.41, 5.74) is -0.438. The van der Waals surface area contributed by atoms with Gasteiger partial charge >= 0.3 is 18.0 Å². The zero-order valence-electron chi connectivity index (χ0n) is 11.5. The van der Waals surface area contributed by atoms with Crippen LogP contribution in [0.1, 0.15) is 24.2 Å². The Morgan fingerprint density at radius 2 is 2.05 bits per heavy atom. The van der Waals surface area contributed by atoms with E-state index in [0.717, 1.165) is 12.1 Å². The molecule has 0 bridgehead atoms. The van der Waals surface area contributed by atoms with E-state index >= 15 is 0 Å². The first-order chi connectivity index (χ1) is 9.85. The second kappa shape index (κ2) is 7.22. The molecular weight excluding hydrogens is 283 g/mol. The van der Waals surface area contributed by atoms with Gasteiger partial charge in [0.2, 0.25) is 0 Å². The molecule has 1 atom stereocenters. The first kappa shape index (κ1) is 16.4. The molecule has 0 heterocycles. The third-order valence-corrected chi connectivity index (χ3v) is 2.45. The van der Waals surface area contributed by atoms with Gasteiger partial charge in [-0.2, -0.15) is 0 Å². The fourth-order valence-corrected chi connectivity index (χ4v) is 1.46. The Labute approximate surface area is 120 Å². The second-order valence-electron chi connectivity index (χ2n) is 4.07. The van der Waals surface area contributed by atoms with Crippen LogP contribution in [0.25, 0.3) is 0 Å². The third-order valence-electron chi connectivity index (χ3n) is 2.45. The van der Waals surface area contributed by atoms with Crippen LogP contribution in [-0.2, 0) is 9.53 Å². The van der Waals surface area contributed by atoms with Crippen molar-refractivity contribution in [1.29, 1.82) is 0 Å². The summed E-state index contributed by atoms with van der Waals surface area (Å²) in [4.78, 5) is 33.6. The van der Waals surface area contributed by atoms with Crippen molar-refractivity contribution in [1.82, 2.24) is 5.32 Å². The molecule has 1 rings (SSSR count). The number of carbonyl (C=O) groups is 3. The molecule has 0 aromatic heterocycles. The van der Waals surface area contributed by atoms with Crippen LogP contribution in [0, 0.1) is 5.82 Å². The zero-order chi connectivity index (χ0) is 16.0. The van der Waals surface area contributed by atoms with Gasteiger partial charge in [0, 0.05) is 5.69 Å². The number of carboxylic acids is 1. The van der Waals surface area contributed by atoms with Crippen molar-refractivity contribution < 1.29 is 28.6 Å². The maximum atomic E-state index is 13.4. The minimum atomic E-state index is -1.40. The van der Waals surface area contributed by atoms with Gasteiger partial charge in [0.15, 0.2) is 0 Å². The highest BCUT2D eigenvalue weighted by atomic mass is 19.1. The molecule has 8 heteroatoms. The number of hydrogen-bond donors (Lipinski definition) is 3.